The molecular weight excluding hydrogens is 294 g/mol. The molecule has 2 heterocycles. The van der Waals surface area contributed by atoms with Crippen LogP contribution in [0.15, 0.2) is 0 Å². The van der Waals surface area contributed by atoms with Gasteiger partial charge in [-0.05, 0) is 26.3 Å². The first-order valence-corrected chi connectivity index (χ1v) is 8.45. The third-order valence-electron chi connectivity index (χ3n) is 4.91. The van der Waals surface area contributed by atoms with Gasteiger partial charge in [0.1, 0.15) is 0 Å². The molecule has 0 aromatic carbocycles. The van der Waals surface area contributed by atoms with Crippen LogP contribution in [0.1, 0.15) is 28.2 Å². The van der Waals surface area contributed by atoms with E-state index in [-0.39, 0.29) is 5.91 Å². The molecule has 1 atom stereocenters. The number of nitrogens with zero attached hydrogens (tertiary/aromatic N) is 4. The first kappa shape index (κ1) is 16.4. The largest absolute Gasteiger partial charge is 0.390 e. The van der Waals surface area contributed by atoms with E-state index in [0.29, 0.717) is 18.8 Å². The number of aliphatic hydroxyl groups is 1. The monoisotopic (exact) mass is 321 g/mol. The minimum Gasteiger partial charge on any atom is -0.390 e. The number of aliphatic hydroxyl groups excluding tert-OH is 1. The fraction of sp³-hybridized carbons (Fsp3) is 0.750. The highest BCUT2D eigenvalue weighted by molar-refractivity contribution is 5.94. The lowest BCUT2D eigenvalue weighted by Gasteiger charge is -2.34. The highest BCUT2D eigenvalue weighted by Gasteiger charge is 2.26. The Morgan fingerprint density at radius 3 is 2.83 bits per heavy atom. The normalized spacial score (nSPS) is 20.5. The molecule has 1 aliphatic carbocycles. The minimum absolute atomic E-state index is 0.0955. The first-order chi connectivity index (χ1) is 11.0. The molecule has 1 saturated heterocycles. The van der Waals surface area contributed by atoms with E-state index in [4.69, 9.17) is 0 Å². The molecule has 0 saturated carbocycles. The van der Waals surface area contributed by atoms with E-state index >= 15 is 0 Å². The number of likely N-dealkylation sites (N-methyl/N-ethyl adjacent to an activating group) is 2. The van der Waals surface area contributed by atoms with Crippen molar-refractivity contribution in [2.45, 2.75) is 25.4 Å². The molecule has 1 fully saturated rings. The second-order valence-electron chi connectivity index (χ2n) is 6.83. The standard InChI is InChI=1S/C16H27N5O2/c1-19-6-8-21(9-7-19)11-12(22)10-20(2)16(23)15-13-4-3-5-14(13)17-18-15/h12,22H,3-11H2,1-2H3,(H,17,18). The van der Waals surface area contributed by atoms with Crippen molar-refractivity contribution in [3.8, 4) is 0 Å². The van der Waals surface area contributed by atoms with E-state index in [0.717, 1.165) is 56.7 Å². The van der Waals surface area contributed by atoms with Crippen LogP contribution in [0.4, 0.5) is 0 Å². The van der Waals surface area contributed by atoms with Crippen molar-refractivity contribution in [3.05, 3.63) is 17.0 Å². The van der Waals surface area contributed by atoms with Gasteiger partial charge in [0.25, 0.3) is 5.91 Å². The summed E-state index contributed by atoms with van der Waals surface area (Å²) in [4.78, 5) is 18.7. The van der Waals surface area contributed by atoms with Gasteiger partial charge in [-0.1, -0.05) is 0 Å². The number of fused-ring (bicyclic) bond motifs is 1. The van der Waals surface area contributed by atoms with Gasteiger partial charge in [0, 0.05) is 57.6 Å². The number of hydrogen-bond acceptors (Lipinski definition) is 5. The fourth-order valence-corrected chi connectivity index (χ4v) is 3.46. The predicted octanol–water partition coefficient (Wildman–Crippen LogP) is -0.421. The van der Waals surface area contributed by atoms with Gasteiger partial charge in [-0.25, -0.2) is 0 Å². The van der Waals surface area contributed by atoms with Gasteiger partial charge in [0.2, 0.25) is 0 Å². The van der Waals surface area contributed by atoms with Crippen LogP contribution in [0.3, 0.4) is 0 Å². The fourth-order valence-electron chi connectivity index (χ4n) is 3.46. The maximum Gasteiger partial charge on any atom is 0.274 e. The van der Waals surface area contributed by atoms with Crippen LogP contribution >= 0.6 is 0 Å². The van der Waals surface area contributed by atoms with Crippen LogP contribution < -0.4 is 0 Å². The van der Waals surface area contributed by atoms with Crippen LogP contribution in [-0.2, 0) is 12.8 Å². The lowest BCUT2D eigenvalue weighted by atomic mass is 10.2. The smallest absolute Gasteiger partial charge is 0.274 e. The number of aryl methyl sites for hydroxylation is 1. The number of nitrogens with one attached hydrogen (secondary N) is 1. The van der Waals surface area contributed by atoms with Gasteiger partial charge >= 0.3 is 0 Å². The molecule has 0 radical (unpaired) electrons. The molecule has 1 aliphatic heterocycles. The Bertz CT molecular complexity index is 551. The highest BCUT2D eigenvalue weighted by Crippen LogP contribution is 2.23. The Kier molecular flexibility index (Phi) is 4.99. The summed E-state index contributed by atoms with van der Waals surface area (Å²) in [5.41, 5.74) is 2.70. The van der Waals surface area contributed by atoms with Crippen molar-refractivity contribution >= 4 is 5.91 Å². The van der Waals surface area contributed by atoms with Crippen LogP contribution in [-0.4, -0.2) is 95.4 Å². The Hall–Kier alpha value is -1.44. The molecule has 3 rings (SSSR count). The first-order valence-electron chi connectivity index (χ1n) is 8.45. The van der Waals surface area contributed by atoms with Crippen LogP contribution in [0.5, 0.6) is 0 Å². The zero-order valence-corrected chi connectivity index (χ0v) is 14.1. The van der Waals surface area contributed by atoms with Crippen molar-refractivity contribution < 1.29 is 9.90 Å². The van der Waals surface area contributed by atoms with E-state index in [1.54, 1.807) is 11.9 Å². The van der Waals surface area contributed by atoms with Gasteiger partial charge in [0.15, 0.2) is 5.69 Å². The summed E-state index contributed by atoms with van der Waals surface area (Å²) in [6.07, 6.45) is 2.45. The Labute approximate surface area is 137 Å². The van der Waals surface area contributed by atoms with Crippen molar-refractivity contribution in [2.24, 2.45) is 0 Å². The van der Waals surface area contributed by atoms with Crippen molar-refractivity contribution in [1.29, 1.82) is 0 Å². The second-order valence-corrected chi connectivity index (χ2v) is 6.83. The lowest BCUT2D eigenvalue weighted by molar-refractivity contribution is 0.0498. The summed E-state index contributed by atoms with van der Waals surface area (Å²) in [6, 6.07) is 0. The van der Waals surface area contributed by atoms with Gasteiger partial charge in [-0.2, -0.15) is 5.10 Å². The summed E-state index contributed by atoms with van der Waals surface area (Å²) >= 11 is 0. The summed E-state index contributed by atoms with van der Waals surface area (Å²) < 4.78 is 0. The molecule has 1 amide bonds. The van der Waals surface area contributed by atoms with Crippen molar-refractivity contribution in [3.63, 3.8) is 0 Å². The second kappa shape index (κ2) is 6.98. The number of carbonyl (C=O) groups excluding carboxylic acids is 1. The molecule has 1 aromatic rings. The molecule has 1 unspecified atom stereocenters. The summed E-state index contributed by atoms with van der Waals surface area (Å²) in [6.45, 7) is 4.95. The van der Waals surface area contributed by atoms with Gasteiger partial charge in [-0.3, -0.25) is 14.8 Å². The zero-order chi connectivity index (χ0) is 16.4. The molecule has 1 aromatic heterocycles. The van der Waals surface area contributed by atoms with Gasteiger partial charge in [-0.15, -0.1) is 0 Å². The van der Waals surface area contributed by atoms with E-state index in [1.807, 2.05) is 0 Å². The molecule has 7 heteroatoms. The third kappa shape index (κ3) is 3.73. The zero-order valence-electron chi connectivity index (χ0n) is 14.1. The predicted molar refractivity (Wildman–Crippen MR) is 87.5 cm³/mol. The van der Waals surface area contributed by atoms with Crippen LogP contribution in [0.2, 0.25) is 0 Å². The van der Waals surface area contributed by atoms with Crippen LogP contribution in [0, 0.1) is 0 Å². The molecule has 2 N–H and O–H groups in total. The molecule has 0 spiro atoms. The number of hydrogen-bond donors (Lipinski definition) is 2. The van der Waals surface area contributed by atoms with E-state index < -0.39 is 6.10 Å². The number of piperazine rings is 1. The quantitative estimate of drug-likeness (QED) is 0.770. The van der Waals surface area contributed by atoms with Gasteiger partial charge in [0.05, 0.1) is 6.10 Å². The summed E-state index contributed by atoms with van der Waals surface area (Å²) in [5.74, 6) is -0.0955. The molecule has 23 heavy (non-hydrogen) atoms. The van der Waals surface area contributed by atoms with E-state index in [2.05, 4.69) is 27.0 Å². The van der Waals surface area contributed by atoms with E-state index in [1.165, 1.54) is 0 Å². The average Bonchev–Trinajstić information content (AvgIpc) is 3.11. The summed E-state index contributed by atoms with van der Waals surface area (Å²) in [5, 5.41) is 17.4. The SMILES string of the molecule is CN1CCN(CC(O)CN(C)C(=O)c2n[nH]c3c2CCC3)CC1. The Balaban J connectivity index is 1.51. The van der Waals surface area contributed by atoms with Crippen molar-refractivity contribution in [1.82, 2.24) is 24.9 Å². The number of H-pyrrole nitrogens is 1. The highest BCUT2D eigenvalue weighted by atomic mass is 16.3. The topological polar surface area (TPSA) is 75.7 Å². The molecule has 0 bridgehead atoms. The molecular formula is C16H27N5O2. The number of β-amino-alcohol motifs (C(OH)–C–C–N with tert-alkyl or cyclic N) is 1. The lowest BCUT2D eigenvalue weighted by Crippen LogP contribution is -2.49. The minimum atomic E-state index is -0.528. The number of rotatable bonds is 5. The number of amides is 1. The molecule has 7 nitrogen and oxygen atoms in total. The number of aromatic nitrogens is 2. The van der Waals surface area contributed by atoms with Crippen molar-refractivity contribution in [2.75, 3.05) is 53.4 Å². The molecule has 128 valence electrons. The van der Waals surface area contributed by atoms with Crippen LogP contribution in [0.25, 0.3) is 0 Å². The maximum absolute atomic E-state index is 12.5. The maximum atomic E-state index is 12.5. The van der Waals surface area contributed by atoms with E-state index in [9.17, 15) is 9.90 Å². The molecule has 2 aliphatic rings. The Morgan fingerprint density at radius 1 is 1.35 bits per heavy atom. The number of carbonyl (C=O) groups is 1. The Morgan fingerprint density at radius 2 is 2.09 bits per heavy atom. The average molecular weight is 321 g/mol. The van der Waals surface area contributed by atoms with Gasteiger partial charge < -0.3 is 14.9 Å². The number of aromatic amines is 1. The third-order valence-corrected chi connectivity index (χ3v) is 4.91. The summed E-state index contributed by atoms with van der Waals surface area (Å²) in [7, 11) is 3.86.